The van der Waals surface area contributed by atoms with Crippen molar-refractivity contribution < 1.29 is 24.0 Å². The van der Waals surface area contributed by atoms with Crippen molar-refractivity contribution in [3.05, 3.63) is 45.3 Å². The Bertz CT molecular complexity index is 707. The summed E-state index contributed by atoms with van der Waals surface area (Å²) in [6.45, 7) is 1.59. The van der Waals surface area contributed by atoms with Gasteiger partial charge in [0.05, 0.1) is 11.5 Å². The summed E-state index contributed by atoms with van der Waals surface area (Å²) in [4.78, 5) is 25.7. The highest BCUT2D eigenvalue weighted by molar-refractivity contribution is 5.86. The molecule has 1 heterocycles. The summed E-state index contributed by atoms with van der Waals surface area (Å²) < 4.78 is 10.0. The molecule has 1 aromatic heterocycles. The number of carbonyl (C=O) groups is 1. The second-order valence-electron chi connectivity index (χ2n) is 4.26. The van der Waals surface area contributed by atoms with E-state index in [0.29, 0.717) is 5.56 Å². The van der Waals surface area contributed by atoms with Gasteiger partial charge in [-0.05, 0) is 12.5 Å². The number of aryl methyl sites for hydroxylation is 1. The van der Waals surface area contributed by atoms with Crippen LogP contribution in [-0.4, -0.2) is 28.1 Å². The molecule has 1 N–H and O–H groups in total. The van der Waals surface area contributed by atoms with Crippen LogP contribution in [0.3, 0.4) is 0 Å². The Morgan fingerprint density at radius 2 is 2.24 bits per heavy atom. The summed E-state index contributed by atoms with van der Waals surface area (Å²) in [6, 6.07) is 4.50. The van der Waals surface area contributed by atoms with Crippen LogP contribution in [0, 0.1) is 17.0 Å². The molecule has 8 nitrogen and oxygen atoms in total. The third kappa shape index (κ3) is 2.75. The Hall–Kier alpha value is -2.74. The van der Waals surface area contributed by atoms with Crippen LogP contribution >= 0.6 is 0 Å². The number of nitro benzene ring substituents is 1. The summed E-state index contributed by atoms with van der Waals surface area (Å²) in [5.41, 5.74) is 0.605. The van der Waals surface area contributed by atoms with Gasteiger partial charge in [0.25, 0.3) is 5.69 Å². The van der Waals surface area contributed by atoms with E-state index in [2.05, 4.69) is 4.98 Å². The quantitative estimate of drug-likeness (QED) is 0.664. The predicted octanol–water partition coefficient (Wildman–Crippen LogP) is 2.40. The second kappa shape index (κ2) is 5.71. The standard InChI is InChI=1S/C13H12N2O6/c1-7-4-3-5-9(15(18)19)10(7)12-14-8(6-20-2)11(21-12)13(16)17/h3-5H,6H2,1-2H3,(H,16,17). The van der Waals surface area contributed by atoms with Gasteiger partial charge in [0.2, 0.25) is 11.7 Å². The van der Waals surface area contributed by atoms with E-state index in [1.165, 1.54) is 19.2 Å². The molecule has 21 heavy (non-hydrogen) atoms. The topological polar surface area (TPSA) is 116 Å². The molecule has 0 saturated heterocycles. The summed E-state index contributed by atoms with van der Waals surface area (Å²) in [7, 11) is 1.39. The van der Waals surface area contributed by atoms with Gasteiger partial charge in [0.1, 0.15) is 11.3 Å². The van der Waals surface area contributed by atoms with E-state index in [-0.39, 0.29) is 35.2 Å². The first-order chi connectivity index (χ1) is 9.95. The lowest BCUT2D eigenvalue weighted by atomic mass is 10.1. The molecule has 110 valence electrons. The van der Waals surface area contributed by atoms with Crippen LogP contribution < -0.4 is 0 Å². The lowest BCUT2D eigenvalue weighted by Gasteiger charge is -2.02. The molecule has 0 aliphatic heterocycles. The van der Waals surface area contributed by atoms with Crippen LogP contribution in [0.1, 0.15) is 21.8 Å². The van der Waals surface area contributed by atoms with Crippen LogP contribution in [0.5, 0.6) is 0 Å². The van der Waals surface area contributed by atoms with Crippen LogP contribution in [0.4, 0.5) is 5.69 Å². The third-order valence-corrected chi connectivity index (χ3v) is 2.83. The Balaban J connectivity index is 2.65. The minimum Gasteiger partial charge on any atom is -0.475 e. The maximum Gasteiger partial charge on any atom is 0.373 e. The van der Waals surface area contributed by atoms with Crippen molar-refractivity contribution in [1.29, 1.82) is 0 Å². The smallest absolute Gasteiger partial charge is 0.373 e. The fourth-order valence-electron chi connectivity index (χ4n) is 1.94. The Labute approximate surface area is 119 Å². The maximum atomic E-state index is 11.1. The highest BCUT2D eigenvalue weighted by atomic mass is 16.6. The minimum atomic E-state index is -1.31. The van der Waals surface area contributed by atoms with E-state index >= 15 is 0 Å². The molecule has 0 aliphatic rings. The fraction of sp³-hybridized carbons (Fsp3) is 0.231. The van der Waals surface area contributed by atoms with Gasteiger partial charge in [-0.15, -0.1) is 0 Å². The average Bonchev–Trinajstić information content (AvgIpc) is 2.82. The number of rotatable bonds is 5. The van der Waals surface area contributed by atoms with E-state index < -0.39 is 10.9 Å². The van der Waals surface area contributed by atoms with Gasteiger partial charge in [-0.2, -0.15) is 0 Å². The third-order valence-electron chi connectivity index (χ3n) is 2.83. The number of aromatic nitrogens is 1. The predicted molar refractivity (Wildman–Crippen MR) is 71.0 cm³/mol. The van der Waals surface area contributed by atoms with Crippen molar-refractivity contribution in [3.63, 3.8) is 0 Å². The van der Waals surface area contributed by atoms with E-state index in [1.807, 2.05) is 0 Å². The van der Waals surface area contributed by atoms with Gasteiger partial charge in [-0.1, -0.05) is 12.1 Å². The fourth-order valence-corrected chi connectivity index (χ4v) is 1.94. The number of carboxylic acid groups (broad SMARTS) is 1. The van der Waals surface area contributed by atoms with Gasteiger partial charge < -0.3 is 14.3 Å². The number of hydrogen-bond donors (Lipinski definition) is 1. The van der Waals surface area contributed by atoms with Crippen LogP contribution in [0.15, 0.2) is 22.6 Å². The van der Waals surface area contributed by atoms with E-state index in [9.17, 15) is 14.9 Å². The average molecular weight is 292 g/mol. The lowest BCUT2D eigenvalue weighted by molar-refractivity contribution is -0.384. The zero-order valence-electron chi connectivity index (χ0n) is 11.3. The molecule has 2 rings (SSSR count). The first-order valence-electron chi connectivity index (χ1n) is 5.92. The number of nitro groups is 1. The zero-order chi connectivity index (χ0) is 15.6. The molecule has 1 aromatic carbocycles. The van der Waals surface area contributed by atoms with E-state index in [0.717, 1.165) is 0 Å². The van der Waals surface area contributed by atoms with Gasteiger partial charge in [0, 0.05) is 13.2 Å². The van der Waals surface area contributed by atoms with Crippen molar-refractivity contribution in [2.45, 2.75) is 13.5 Å². The number of ether oxygens (including phenoxy) is 1. The number of carboxylic acids is 1. The molecule has 2 aromatic rings. The Morgan fingerprint density at radius 1 is 1.52 bits per heavy atom. The highest BCUT2D eigenvalue weighted by Crippen LogP contribution is 2.33. The van der Waals surface area contributed by atoms with Crippen molar-refractivity contribution in [3.8, 4) is 11.5 Å². The van der Waals surface area contributed by atoms with Crippen LogP contribution in [-0.2, 0) is 11.3 Å². The van der Waals surface area contributed by atoms with Crippen molar-refractivity contribution in [2.24, 2.45) is 0 Å². The molecule has 0 spiro atoms. The monoisotopic (exact) mass is 292 g/mol. The minimum absolute atomic E-state index is 0.0647. The molecule has 0 fully saturated rings. The normalized spacial score (nSPS) is 10.6. The highest BCUT2D eigenvalue weighted by Gasteiger charge is 2.26. The number of benzene rings is 1. The Morgan fingerprint density at radius 3 is 2.81 bits per heavy atom. The molecule has 8 heteroatoms. The molecular formula is C13H12N2O6. The first-order valence-corrected chi connectivity index (χ1v) is 5.92. The number of nitrogens with zero attached hydrogens (tertiary/aromatic N) is 2. The van der Waals surface area contributed by atoms with E-state index in [4.69, 9.17) is 14.3 Å². The number of hydrogen-bond acceptors (Lipinski definition) is 6. The van der Waals surface area contributed by atoms with Crippen molar-refractivity contribution in [1.82, 2.24) is 4.98 Å². The molecule has 0 saturated carbocycles. The van der Waals surface area contributed by atoms with Crippen LogP contribution in [0.25, 0.3) is 11.5 Å². The molecular weight excluding hydrogens is 280 g/mol. The SMILES string of the molecule is COCc1nc(-c2c(C)cccc2[N+](=O)[O-])oc1C(=O)O. The van der Waals surface area contributed by atoms with E-state index in [1.54, 1.807) is 13.0 Å². The molecule has 0 atom stereocenters. The summed E-state index contributed by atoms with van der Waals surface area (Å²) in [6.07, 6.45) is 0. The largest absolute Gasteiger partial charge is 0.475 e. The summed E-state index contributed by atoms with van der Waals surface area (Å²) in [5, 5.41) is 20.2. The van der Waals surface area contributed by atoms with Crippen LogP contribution in [0.2, 0.25) is 0 Å². The molecule has 0 radical (unpaired) electrons. The molecule has 0 unspecified atom stereocenters. The maximum absolute atomic E-state index is 11.1. The van der Waals surface area contributed by atoms with Gasteiger partial charge >= 0.3 is 5.97 Å². The zero-order valence-corrected chi connectivity index (χ0v) is 11.3. The number of methoxy groups -OCH3 is 1. The van der Waals surface area contributed by atoms with Gasteiger partial charge in [-0.3, -0.25) is 10.1 Å². The number of oxazole rings is 1. The molecule has 0 aliphatic carbocycles. The molecule has 0 bridgehead atoms. The Kier molecular flexibility index (Phi) is 3.99. The summed E-state index contributed by atoms with van der Waals surface area (Å²) >= 11 is 0. The van der Waals surface area contributed by atoms with Crippen molar-refractivity contribution >= 4 is 11.7 Å². The lowest BCUT2D eigenvalue weighted by Crippen LogP contribution is -2.00. The van der Waals surface area contributed by atoms with Crippen molar-refractivity contribution in [2.75, 3.05) is 7.11 Å². The second-order valence-corrected chi connectivity index (χ2v) is 4.26. The first kappa shape index (κ1) is 14.7. The number of aromatic carboxylic acids is 1. The van der Waals surface area contributed by atoms with Gasteiger partial charge in [-0.25, -0.2) is 9.78 Å². The summed E-state index contributed by atoms with van der Waals surface area (Å²) in [5.74, 6) is -1.80. The molecule has 0 amide bonds. The van der Waals surface area contributed by atoms with Gasteiger partial charge in [0.15, 0.2) is 0 Å².